The third-order valence-electron chi connectivity index (χ3n) is 3.64. The first-order valence-electron chi connectivity index (χ1n) is 6.86. The smallest absolute Gasteiger partial charge is 0.143 e. The molecule has 1 aromatic carbocycles. The van der Waals surface area contributed by atoms with E-state index in [1.54, 1.807) is 6.33 Å². The van der Waals surface area contributed by atoms with Gasteiger partial charge in [0.05, 0.1) is 17.1 Å². The zero-order valence-corrected chi connectivity index (χ0v) is 11.5. The second-order valence-electron chi connectivity index (χ2n) is 4.91. The van der Waals surface area contributed by atoms with Gasteiger partial charge in [0.15, 0.2) is 0 Å². The molecule has 6 nitrogen and oxygen atoms in total. The maximum atomic E-state index is 4.39. The molecule has 4 rings (SSSR count). The second-order valence-corrected chi connectivity index (χ2v) is 4.91. The highest BCUT2D eigenvalue weighted by Crippen LogP contribution is 2.27. The number of aryl methyl sites for hydroxylation is 1. The summed E-state index contributed by atoms with van der Waals surface area (Å²) >= 11 is 0. The van der Waals surface area contributed by atoms with Crippen molar-refractivity contribution in [1.82, 2.24) is 25.1 Å². The summed E-state index contributed by atoms with van der Waals surface area (Å²) in [5.41, 5.74) is 4.06. The second kappa shape index (κ2) is 4.59. The van der Waals surface area contributed by atoms with E-state index in [0.29, 0.717) is 0 Å². The third-order valence-corrected chi connectivity index (χ3v) is 3.64. The van der Waals surface area contributed by atoms with Gasteiger partial charge in [-0.05, 0) is 30.2 Å². The fraction of sp³-hybridized carbons (Fsp3) is 0.133. The summed E-state index contributed by atoms with van der Waals surface area (Å²) in [4.78, 5) is 11.8. The number of nitrogens with zero attached hydrogens (tertiary/aromatic N) is 3. The van der Waals surface area contributed by atoms with Crippen molar-refractivity contribution in [2.24, 2.45) is 0 Å². The summed E-state index contributed by atoms with van der Waals surface area (Å²) < 4.78 is 0. The topological polar surface area (TPSA) is 82.3 Å². The largest absolute Gasteiger partial charge is 0.346 e. The van der Waals surface area contributed by atoms with Crippen LogP contribution in [0.5, 0.6) is 0 Å². The van der Waals surface area contributed by atoms with Gasteiger partial charge in [-0.15, -0.1) is 0 Å². The van der Waals surface area contributed by atoms with E-state index in [-0.39, 0.29) is 0 Å². The normalized spacial score (nSPS) is 11.3. The minimum absolute atomic E-state index is 0.820. The van der Waals surface area contributed by atoms with E-state index < -0.39 is 0 Å². The quantitative estimate of drug-likeness (QED) is 0.537. The average molecular weight is 278 g/mol. The summed E-state index contributed by atoms with van der Waals surface area (Å²) in [6.45, 7) is 2.12. The van der Waals surface area contributed by atoms with Crippen LogP contribution in [-0.4, -0.2) is 25.1 Å². The monoisotopic (exact) mass is 278 g/mol. The lowest BCUT2D eigenvalue weighted by molar-refractivity contribution is 1.12. The van der Waals surface area contributed by atoms with Crippen LogP contribution in [-0.2, 0) is 6.42 Å². The Hall–Kier alpha value is -2.89. The maximum absolute atomic E-state index is 4.39. The van der Waals surface area contributed by atoms with Crippen LogP contribution in [0.1, 0.15) is 12.5 Å². The Balaban J connectivity index is 1.81. The van der Waals surface area contributed by atoms with Crippen LogP contribution in [0.4, 0.5) is 11.5 Å². The number of hydrogen-bond acceptors (Lipinski definition) is 4. The van der Waals surface area contributed by atoms with Crippen LogP contribution in [0.3, 0.4) is 0 Å². The molecular weight excluding hydrogens is 264 g/mol. The number of hydrogen-bond donors (Lipinski definition) is 3. The molecule has 0 saturated heterocycles. The fourth-order valence-corrected chi connectivity index (χ4v) is 2.56. The maximum Gasteiger partial charge on any atom is 0.143 e. The number of nitrogens with one attached hydrogen (secondary N) is 3. The van der Waals surface area contributed by atoms with Crippen LogP contribution in [0.15, 0.2) is 36.9 Å². The number of benzene rings is 1. The lowest BCUT2D eigenvalue weighted by atomic mass is 10.2. The lowest BCUT2D eigenvalue weighted by Crippen LogP contribution is -1.96. The predicted molar refractivity (Wildman–Crippen MR) is 82.6 cm³/mol. The van der Waals surface area contributed by atoms with E-state index >= 15 is 0 Å². The molecule has 0 aliphatic heterocycles. The highest BCUT2D eigenvalue weighted by atomic mass is 15.1. The van der Waals surface area contributed by atoms with Gasteiger partial charge < -0.3 is 10.3 Å². The predicted octanol–water partition coefficient (Wildman–Crippen LogP) is 3.14. The molecule has 3 heterocycles. The van der Waals surface area contributed by atoms with Crippen molar-refractivity contribution in [1.29, 1.82) is 0 Å². The van der Waals surface area contributed by atoms with Gasteiger partial charge in [-0.2, -0.15) is 5.10 Å². The Morgan fingerprint density at radius 2 is 2.19 bits per heavy atom. The highest BCUT2D eigenvalue weighted by Gasteiger charge is 2.10. The van der Waals surface area contributed by atoms with Crippen molar-refractivity contribution in [3.05, 3.63) is 42.5 Å². The van der Waals surface area contributed by atoms with Crippen molar-refractivity contribution in [2.45, 2.75) is 13.3 Å². The number of aromatic amines is 2. The van der Waals surface area contributed by atoms with Crippen molar-refractivity contribution in [2.75, 3.05) is 5.32 Å². The molecule has 0 unspecified atom stereocenters. The molecule has 6 heteroatoms. The van der Waals surface area contributed by atoms with Gasteiger partial charge in [-0.25, -0.2) is 9.97 Å². The molecule has 0 aliphatic carbocycles. The molecule has 3 N–H and O–H groups in total. The first-order chi connectivity index (χ1) is 10.3. The molecule has 3 aromatic heterocycles. The molecule has 0 radical (unpaired) electrons. The van der Waals surface area contributed by atoms with Crippen molar-refractivity contribution in [3.8, 4) is 0 Å². The van der Waals surface area contributed by atoms with Crippen LogP contribution >= 0.6 is 0 Å². The first-order valence-corrected chi connectivity index (χ1v) is 6.86. The van der Waals surface area contributed by atoms with Crippen LogP contribution in [0, 0.1) is 0 Å². The van der Waals surface area contributed by atoms with E-state index in [4.69, 9.17) is 0 Å². The standard InChI is InChI=1S/C15H14N6/c1-2-9-6-16-14-13(9)15(18-8-17-14)20-11-3-4-12-10(5-11)7-19-21-12/h3-8H,2H2,1H3,(H,19,21)(H2,16,17,18,20). The van der Waals surface area contributed by atoms with Crippen LogP contribution in [0.2, 0.25) is 0 Å². The van der Waals surface area contributed by atoms with Gasteiger partial charge >= 0.3 is 0 Å². The summed E-state index contributed by atoms with van der Waals surface area (Å²) in [5, 5.41) is 12.5. The molecule has 0 fully saturated rings. The lowest BCUT2D eigenvalue weighted by Gasteiger charge is -2.07. The summed E-state index contributed by atoms with van der Waals surface area (Å²) in [6.07, 6.45) is 6.30. The van der Waals surface area contributed by atoms with Crippen LogP contribution < -0.4 is 5.32 Å². The molecular formula is C15H14N6. The van der Waals surface area contributed by atoms with Gasteiger partial charge in [0, 0.05) is 17.3 Å². The van der Waals surface area contributed by atoms with Gasteiger partial charge in [0.2, 0.25) is 0 Å². The first kappa shape index (κ1) is 11.9. The minimum atomic E-state index is 0.820. The number of aromatic nitrogens is 5. The zero-order valence-electron chi connectivity index (χ0n) is 11.5. The molecule has 0 spiro atoms. The van der Waals surface area contributed by atoms with Crippen LogP contribution in [0.25, 0.3) is 21.9 Å². The highest BCUT2D eigenvalue weighted by molar-refractivity contribution is 5.93. The number of fused-ring (bicyclic) bond motifs is 2. The zero-order chi connectivity index (χ0) is 14.2. The van der Waals surface area contributed by atoms with E-state index in [0.717, 1.165) is 39.9 Å². The Bertz CT molecular complexity index is 920. The van der Waals surface area contributed by atoms with Crippen molar-refractivity contribution < 1.29 is 0 Å². The molecule has 0 aliphatic rings. The average Bonchev–Trinajstić information content (AvgIpc) is 3.13. The third kappa shape index (κ3) is 1.92. The van der Waals surface area contributed by atoms with Gasteiger partial charge in [0.25, 0.3) is 0 Å². The number of rotatable bonds is 3. The van der Waals surface area contributed by atoms with E-state index in [2.05, 4.69) is 37.4 Å². The van der Waals surface area contributed by atoms with Gasteiger partial charge in [-0.1, -0.05) is 6.92 Å². The molecule has 0 atom stereocenters. The fourth-order valence-electron chi connectivity index (χ4n) is 2.56. The summed E-state index contributed by atoms with van der Waals surface area (Å²) in [6, 6.07) is 6.05. The van der Waals surface area contributed by atoms with Crippen molar-refractivity contribution in [3.63, 3.8) is 0 Å². The molecule has 0 amide bonds. The van der Waals surface area contributed by atoms with Gasteiger partial charge in [0.1, 0.15) is 17.8 Å². The van der Waals surface area contributed by atoms with E-state index in [1.165, 1.54) is 5.56 Å². The Kier molecular flexibility index (Phi) is 2.60. The minimum Gasteiger partial charge on any atom is -0.346 e. The molecule has 21 heavy (non-hydrogen) atoms. The van der Waals surface area contributed by atoms with Gasteiger partial charge in [-0.3, -0.25) is 5.10 Å². The molecule has 104 valence electrons. The van der Waals surface area contributed by atoms with Crippen molar-refractivity contribution >= 4 is 33.4 Å². The Morgan fingerprint density at radius 3 is 3.10 bits per heavy atom. The molecule has 4 aromatic rings. The number of anilines is 2. The van der Waals surface area contributed by atoms with E-state index in [9.17, 15) is 0 Å². The summed E-state index contributed by atoms with van der Waals surface area (Å²) in [5.74, 6) is 0.820. The van der Waals surface area contributed by atoms with E-state index in [1.807, 2.05) is 30.6 Å². The SMILES string of the molecule is CCc1c[nH]c2ncnc(Nc3ccc4[nH]ncc4c3)c12. The molecule has 0 bridgehead atoms. The Morgan fingerprint density at radius 1 is 1.24 bits per heavy atom. The molecule has 0 saturated carbocycles. The Labute approximate surface area is 120 Å². The summed E-state index contributed by atoms with van der Waals surface area (Å²) in [7, 11) is 0. The number of H-pyrrole nitrogens is 2.